The Hall–Kier alpha value is -2.57. The average Bonchev–Trinajstić information content (AvgIpc) is 2.59. The second-order valence-electron chi connectivity index (χ2n) is 7.23. The molecule has 3 N–H and O–H groups in total. The molecular weight excluding hydrogens is 346 g/mol. The number of carboxylic acids is 1. The van der Waals surface area contributed by atoms with Gasteiger partial charge in [-0.25, -0.2) is 4.79 Å². The highest BCUT2D eigenvalue weighted by molar-refractivity contribution is 5.95. The molecule has 0 aliphatic rings. The molecule has 3 amide bonds. The van der Waals surface area contributed by atoms with Crippen molar-refractivity contribution in [2.75, 3.05) is 18.4 Å². The summed E-state index contributed by atoms with van der Waals surface area (Å²) >= 11 is 0. The zero-order valence-corrected chi connectivity index (χ0v) is 16.7. The molecule has 0 spiro atoms. The molecular formula is C20H31N3O4. The van der Waals surface area contributed by atoms with E-state index in [0.29, 0.717) is 17.7 Å². The summed E-state index contributed by atoms with van der Waals surface area (Å²) in [6, 6.07) is 6.36. The number of anilines is 1. The number of carbonyl (C=O) groups is 3. The Morgan fingerprint density at radius 1 is 1.04 bits per heavy atom. The molecule has 1 aromatic carbocycles. The predicted octanol–water partition coefficient (Wildman–Crippen LogP) is 3.71. The quantitative estimate of drug-likeness (QED) is 0.579. The minimum absolute atomic E-state index is 0.00972. The van der Waals surface area contributed by atoms with Crippen molar-refractivity contribution in [3.63, 3.8) is 0 Å². The first-order valence-electron chi connectivity index (χ1n) is 9.38. The SMILES string of the molecule is CCCN(CCC)C(=O)c1ccc(NC(=O)NC(C)(C)CCC(=O)O)cc1. The Bertz CT molecular complexity index is 635. The summed E-state index contributed by atoms with van der Waals surface area (Å²) in [5.41, 5.74) is 0.513. The maximum absolute atomic E-state index is 12.6. The van der Waals surface area contributed by atoms with Crippen molar-refractivity contribution in [1.29, 1.82) is 0 Å². The molecule has 1 rings (SSSR count). The fourth-order valence-corrected chi connectivity index (χ4v) is 2.69. The second kappa shape index (κ2) is 10.5. The van der Waals surface area contributed by atoms with Gasteiger partial charge in [0, 0.05) is 36.3 Å². The fraction of sp³-hybridized carbons (Fsp3) is 0.550. The molecule has 1 aromatic rings. The molecule has 0 saturated heterocycles. The molecule has 0 radical (unpaired) electrons. The molecule has 0 fully saturated rings. The number of rotatable bonds is 10. The van der Waals surface area contributed by atoms with Crippen LogP contribution in [0.2, 0.25) is 0 Å². The van der Waals surface area contributed by atoms with Gasteiger partial charge >= 0.3 is 12.0 Å². The molecule has 0 bridgehead atoms. The number of benzene rings is 1. The van der Waals surface area contributed by atoms with Crippen LogP contribution in [0.3, 0.4) is 0 Å². The van der Waals surface area contributed by atoms with Crippen molar-refractivity contribution in [2.45, 2.75) is 58.9 Å². The van der Waals surface area contributed by atoms with Crippen LogP contribution in [0.15, 0.2) is 24.3 Å². The first kappa shape index (κ1) is 22.5. The van der Waals surface area contributed by atoms with Crippen LogP contribution >= 0.6 is 0 Å². The molecule has 7 heteroatoms. The highest BCUT2D eigenvalue weighted by Gasteiger charge is 2.21. The minimum Gasteiger partial charge on any atom is -0.481 e. The van der Waals surface area contributed by atoms with Crippen LogP contribution in [0.1, 0.15) is 63.7 Å². The zero-order valence-electron chi connectivity index (χ0n) is 16.7. The van der Waals surface area contributed by atoms with E-state index in [1.165, 1.54) is 0 Å². The second-order valence-corrected chi connectivity index (χ2v) is 7.23. The smallest absolute Gasteiger partial charge is 0.319 e. The number of hydrogen-bond acceptors (Lipinski definition) is 3. The van der Waals surface area contributed by atoms with Crippen LogP contribution in [0.4, 0.5) is 10.5 Å². The number of amides is 3. The largest absolute Gasteiger partial charge is 0.481 e. The Kier molecular flexibility index (Phi) is 8.78. The number of carbonyl (C=O) groups excluding carboxylic acids is 2. The number of carboxylic acid groups (broad SMARTS) is 1. The lowest BCUT2D eigenvalue weighted by atomic mass is 9.99. The zero-order chi connectivity index (χ0) is 20.4. The third-order valence-corrected chi connectivity index (χ3v) is 4.08. The van der Waals surface area contributed by atoms with Gasteiger partial charge in [0.05, 0.1) is 0 Å². The summed E-state index contributed by atoms with van der Waals surface area (Å²) in [5, 5.41) is 14.2. The van der Waals surface area contributed by atoms with Gasteiger partial charge in [0.2, 0.25) is 0 Å². The molecule has 0 aliphatic heterocycles. The number of aliphatic carboxylic acids is 1. The van der Waals surface area contributed by atoms with Crippen molar-refractivity contribution >= 4 is 23.6 Å². The summed E-state index contributed by atoms with van der Waals surface area (Å²) in [6.07, 6.45) is 2.12. The van der Waals surface area contributed by atoms with Crippen molar-refractivity contribution in [2.24, 2.45) is 0 Å². The minimum atomic E-state index is -0.897. The van der Waals surface area contributed by atoms with Crippen molar-refractivity contribution in [3.05, 3.63) is 29.8 Å². The van der Waals surface area contributed by atoms with E-state index in [1.54, 1.807) is 38.1 Å². The Morgan fingerprint density at radius 2 is 1.59 bits per heavy atom. The molecule has 0 atom stereocenters. The van der Waals surface area contributed by atoms with E-state index in [0.717, 1.165) is 25.9 Å². The molecule has 0 saturated carbocycles. The Morgan fingerprint density at radius 3 is 2.07 bits per heavy atom. The Labute approximate surface area is 161 Å². The highest BCUT2D eigenvalue weighted by Crippen LogP contribution is 2.14. The van der Waals surface area contributed by atoms with Crippen LogP contribution in [-0.2, 0) is 4.79 Å². The van der Waals surface area contributed by atoms with E-state index < -0.39 is 17.5 Å². The monoisotopic (exact) mass is 377 g/mol. The molecule has 0 heterocycles. The third kappa shape index (κ3) is 8.11. The topological polar surface area (TPSA) is 98.7 Å². The van der Waals surface area contributed by atoms with E-state index >= 15 is 0 Å². The lowest BCUT2D eigenvalue weighted by molar-refractivity contribution is -0.137. The third-order valence-electron chi connectivity index (χ3n) is 4.08. The van der Waals surface area contributed by atoms with Gasteiger partial charge in [0.25, 0.3) is 5.91 Å². The molecule has 0 aliphatic carbocycles. The van der Waals surface area contributed by atoms with Gasteiger partial charge < -0.3 is 20.6 Å². The standard InChI is InChI=1S/C20H31N3O4/c1-5-13-23(14-6-2)18(26)15-7-9-16(10-8-15)21-19(27)22-20(3,4)12-11-17(24)25/h7-10H,5-6,11-14H2,1-4H3,(H,24,25)(H2,21,22,27). The summed E-state index contributed by atoms with van der Waals surface area (Å²) in [5.74, 6) is -0.907. The van der Waals surface area contributed by atoms with E-state index in [1.807, 2.05) is 18.7 Å². The summed E-state index contributed by atoms with van der Waals surface area (Å²) < 4.78 is 0. The van der Waals surface area contributed by atoms with Crippen LogP contribution < -0.4 is 10.6 Å². The first-order chi connectivity index (χ1) is 12.7. The first-order valence-corrected chi connectivity index (χ1v) is 9.38. The Balaban J connectivity index is 2.66. The van der Waals surface area contributed by atoms with Gasteiger partial charge in [0.1, 0.15) is 0 Å². The van der Waals surface area contributed by atoms with Crippen molar-refractivity contribution < 1.29 is 19.5 Å². The van der Waals surface area contributed by atoms with E-state index in [9.17, 15) is 14.4 Å². The number of nitrogens with zero attached hydrogens (tertiary/aromatic N) is 1. The average molecular weight is 377 g/mol. The van der Waals surface area contributed by atoms with Crippen LogP contribution in [0.25, 0.3) is 0 Å². The van der Waals surface area contributed by atoms with Crippen molar-refractivity contribution in [1.82, 2.24) is 10.2 Å². The molecule has 27 heavy (non-hydrogen) atoms. The summed E-state index contributed by atoms with van der Waals surface area (Å²) in [7, 11) is 0. The molecule has 0 unspecified atom stereocenters. The lowest BCUT2D eigenvalue weighted by Crippen LogP contribution is -2.45. The number of nitrogens with one attached hydrogen (secondary N) is 2. The molecule has 0 aromatic heterocycles. The van der Waals surface area contributed by atoms with Crippen LogP contribution in [0, 0.1) is 0 Å². The number of hydrogen-bond donors (Lipinski definition) is 3. The van der Waals surface area contributed by atoms with Crippen LogP contribution in [0.5, 0.6) is 0 Å². The number of urea groups is 1. The fourth-order valence-electron chi connectivity index (χ4n) is 2.69. The predicted molar refractivity (Wildman–Crippen MR) is 106 cm³/mol. The van der Waals surface area contributed by atoms with Crippen LogP contribution in [-0.4, -0.2) is 46.5 Å². The van der Waals surface area contributed by atoms with Gasteiger partial charge in [-0.1, -0.05) is 13.8 Å². The van der Waals surface area contributed by atoms with E-state index in [4.69, 9.17) is 5.11 Å². The van der Waals surface area contributed by atoms with E-state index in [-0.39, 0.29) is 12.3 Å². The van der Waals surface area contributed by atoms with Gasteiger partial charge in [-0.2, -0.15) is 0 Å². The molecule has 150 valence electrons. The normalized spacial score (nSPS) is 11.0. The maximum atomic E-state index is 12.6. The summed E-state index contributed by atoms with van der Waals surface area (Å²) in [4.78, 5) is 37.2. The highest BCUT2D eigenvalue weighted by atomic mass is 16.4. The van der Waals surface area contributed by atoms with Gasteiger partial charge in [-0.3, -0.25) is 9.59 Å². The van der Waals surface area contributed by atoms with Gasteiger partial charge in [-0.05, 0) is 57.4 Å². The maximum Gasteiger partial charge on any atom is 0.319 e. The van der Waals surface area contributed by atoms with E-state index in [2.05, 4.69) is 10.6 Å². The van der Waals surface area contributed by atoms with Gasteiger partial charge in [0.15, 0.2) is 0 Å². The van der Waals surface area contributed by atoms with Crippen molar-refractivity contribution in [3.8, 4) is 0 Å². The lowest BCUT2D eigenvalue weighted by Gasteiger charge is -2.25. The van der Waals surface area contributed by atoms with Gasteiger partial charge in [-0.15, -0.1) is 0 Å². The molecule has 7 nitrogen and oxygen atoms in total. The summed E-state index contributed by atoms with van der Waals surface area (Å²) in [6.45, 7) is 9.07.